The van der Waals surface area contributed by atoms with E-state index < -0.39 is 18.6 Å². The van der Waals surface area contributed by atoms with Crippen molar-refractivity contribution in [3.8, 4) is 0 Å². The highest BCUT2D eigenvalue weighted by molar-refractivity contribution is 6.09. The molecule has 1 aromatic carbocycles. The average molecular weight is 379 g/mol. The van der Waals surface area contributed by atoms with Gasteiger partial charge in [-0.3, -0.25) is 19.3 Å². The van der Waals surface area contributed by atoms with E-state index in [1.54, 1.807) is 30.3 Å². The van der Waals surface area contributed by atoms with Gasteiger partial charge in [0.15, 0.2) is 12.4 Å². The van der Waals surface area contributed by atoms with Crippen molar-refractivity contribution < 1.29 is 23.9 Å². The third kappa shape index (κ3) is 2.40. The SMILES string of the molecule is C[C@@H](C(=O)OCC(=O)c1ccccc1)N1C(=O)[C@@H]2[C@@H]3C=C[C@H]([C@H]4C[C@H]34)[C@@H]2C1=O. The Labute approximate surface area is 162 Å². The number of Topliss-reactive ketones (excluding diaryl/α,β-unsaturated/α-hetero) is 1. The highest BCUT2D eigenvalue weighted by Crippen LogP contribution is 2.65. The van der Waals surface area contributed by atoms with Crippen LogP contribution in [0, 0.1) is 35.5 Å². The number of amides is 2. The number of ether oxygens (including phenoxy) is 1. The number of hydrogen-bond acceptors (Lipinski definition) is 5. The number of esters is 1. The number of rotatable bonds is 5. The molecule has 0 radical (unpaired) electrons. The largest absolute Gasteiger partial charge is 0.456 e. The molecular formula is C22H21NO5. The lowest BCUT2D eigenvalue weighted by atomic mass is 9.63. The number of likely N-dealkylation sites (tertiary alicyclic amines) is 1. The highest BCUT2D eigenvalue weighted by Gasteiger charge is 2.67. The second-order valence-corrected chi connectivity index (χ2v) is 8.27. The Bertz CT molecular complexity index is 871. The number of benzene rings is 1. The van der Waals surface area contributed by atoms with Crippen LogP contribution >= 0.6 is 0 Å². The first-order chi connectivity index (χ1) is 13.5. The molecule has 6 nitrogen and oxygen atoms in total. The van der Waals surface area contributed by atoms with Crippen LogP contribution in [0.15, 0.2) is 42.5 Å². The first kappa shape index (κ1) is 17.3. The fourth-order valence-corrected chi connectivity index (χ4v) is 5.43. The van der Waals surface area contributed by atoms with Crippen molar-refractivity contribution in [2.45, 2.75) is 19.4 Å². The quantitative estimate of drug-likeness (QED) is 0.338. The Morgan fingerprint density at radius 2 is 1.61 bits per heavy atom. The van der Waals surface area contributed by atoms with Crippen LogP contribution in [0.5, 0.6) is 0 Å². The number of nitrogens with zero attached hydrogens (tertiary/aromatic N) is 1. The molecule has 1 heterocycles. The molecule has 6 rings (SSSR count). The van der Waals surface area contributed by atoms with Gasteiger partial charge in [0, 0.05) is 5.56 Å². The second-order valence-electron chi connectivity index (χ2n) is 8.27. The summed E-state index contributed by atoms with van der Waals surface area (Å²) >= 11 is 0. The number of hydrogen-bond donors (Lipinski definition) is 0. The van der Waals surface area contributed by atoms with Gasteiger partial charge in [-0.25, -0.2) is 4.79 Å². The smallest absolute Gasteiger partial charge is 0.329 e. The lowest BCUT2D eigenvalue weighted by Gasteiger charge is -2.37. The van der Waals surface area contributed by atoms with Crippen LogP contribution in [0.25, 0.3) is 0 Å². The summed E-state index contributed by atoms with van der Waals surface area (Å²) in [5.74, 6) is -1.01. The first-order valence-electron chi connectivity index (χ1n) is 9.79. The minimum Gasteiger partial charge on any atom is -0.456 e. The molecule has 7 atom stereocenters. The van der Waals surface area contributed by atoms with Gasteiger partial charge in [-0.15, -0.1) is 0 Å². The van der Waals surface area contributed by atoms with Gasteiger partial charge >= 0.3 is 5.97 Å². The van der Waals surface area contributed by atoms with Crippen LogP contribution in [-0.4, -0.2) is 41.1 Å². The van der Waals surface area contributed by atoms with Gasteiger partial charge in [0.25, 0.3) is 0 Å². The monoisotopic (exact) mass is 379 g/mol. The Hall–Kier alpha value is -2.76. The van der Waals surface area contributed by atoms with Crippen molar-refractivity contribution in [1.29, 1.82) is 0 Å². The molecule has 1 saturated heterocycles. The van der Waals surface area contributed by atoms with E-state index in [1.807, 2.05) is 0 Å². The summed E-state index contributed by atoms with van der Waals surface area (Å²) in [7, 11) is 0. The standard InChI is InChI=1S/C22H21NO5/c1-11(22(27)28-10-17(24)12-5-3-2-4-6-12)23-20(25)18-13-7-8-14(16-9-15(13)16)19(18)21(23)26/h2-8,11,13-16,18-19H,9-10H2,1H3/t11-,13+,14+,15+,16+,18-,19+/m0/s1. The Kier molecular flexibility index (Phi) is 3.79. The van der Waals surface area contributed by atoms with Crippen LogP contribution in [0.4, 0.5) is 0 Å². The maximum Gasteiger partial charge on any atom is 0.329 e. The second kappa shape index (κ2) is 6.12. The molecular weight excluding hydrogens is 358 g/mol. The minimum absolute atomic E-state index is 0.115. The van der Waals surface area contributed by atoms with E-state index in [2.05, 4.69) is 12.2 Å². The zero-order valence-corrected chi connectivity index (χ0v) is 15.5. The van der Waals surface area contributed by atoms with Crippen molar-refractivity contribution in [2.75, 3.05) is 6.61 Å². The molecule has 2 amide bonds. The number of allylic oxidation sites excluding steroid dienone is 2. The number of carbonyl (C=O) groups is 4. The summed E-state index contributed by atoms with van der Waals surface area (Å²) in [6.45, 7) is 1.09. The summed E-state index contributed by atoms with van der Waals surface area (Å²) < 4.78 is 5.13. The zero-order chi connectivity index (χ0) is 19.6. The van der Waals surface area contributed by atoms with Gasteiger partial charge < -0.3 is 4.74 Å². The fourth-order valence-electron chi connectivity index (χ4n) is 5.43. The normalized spacial score (nSPS) is 35.4. The van der Waals surface area contributed by atoms with Gasteiger partial charge in [0.1, 0.15) is 6.04 Å². The van der Waals surface area contributed by atoms with E-state index in [0.717, 1.165) is 11.3 Å². The zero-order valence-electron chi connectivity index (χ0n) is 15.5. The van der Waals surface area contributed by atoms with Gasteiger partial charge in [-0.05, 0) is 37.0 Å². The van der Waals surface area contributed by atoms with Gasteiger partial charge in [0.05, 0.1) is 11.8 Å². The molecule has 3 fully saturated rings. The van der Waals surface area contributed by atoms with E-state index in [4.69, 9.17) is 4.74 Å². The Morgan fingerprint density at radius 1 is 1.04 bits per heavy atom. The molecule has 0 spiro atoms. The predicted molar refractivity (Wildman–Crippen MR) is 97.7 cm³/mol. The summed E-state index contributed by atoms with van der Waals surface area (Å²) in [6, 6.07) is 7.52. The molecule has 6 heteroatoms. The maximum absolute atomic E-state index is 13.0. The van der Waals surface area contributed by atoms with Crippen molar-refractivity contribution in [3.05, 3.63) is 48.0 Å². The van der Waals surface area contributed by atoms with Crippen LogP contribution in [-0.2, 0) is 19.1 Å². The molecule has 5 aliphatic rings. The third-order valence-electron chi connectivity index (χ3n) is 6.87. The lowest BCUT2D eigenvalue weighted by Crippen LogP contribution is -2.45. The van der Waals surface area contributed by atoms with Gasteiger partial charge in [-0.1, -0.05) is 42.5 Å². The highest BCUT2D eigenvalue weighted by atomic mass is 16.5. The molecule has 0 aromatic heterocycles. The Balaban J connectivity index is 1.27. The van der Waals surface area contributed by atoms with Gasteiger partial charge in [-0.2, -0.15) is 0 Å². The Morgan fingerprint density at radius 3 is 2.18 bits per heavy atom. The number of carbonyl (C=O) groups excluding carboxylic acids is 4. The molecule has 0 N–H and O–H groups in total. The molecule has 0 unspecified atom stereocenters. The van der Waals surface area contributed by atoms with Crippen molar-refractivity contribution >= 4 is 23.6 Å². The first-order valence-corrected chi connectivity index (χ1v) is 9.79. The van der Waals surface area contributed by atoms with Crippen LogP contribution in [0.3, 0.4) is 0 Å². The predicted octanol–water partition coefficient (Wildman–Crippen LogP) is 1.85. The molecule has 28 heavy (non-hydrogen) atoms. The summed E-state index contributed by atoms with van der Waals surface area (Å²) in [5, 5.41) is 0. The van der Waals surface area contributed by atoms with Gasteiger partial charge in [0.2, 0.25) is 11.8 Å². The van der Waals surface area contributed by atoms with E-state index in [1.165, 1.54) is 6.92 Å². The minimum atomic E-state index is -1.02. The molecule has 2 bridgehead atoms. The van der Waals surface area contributed by atoms with E-state index in [0.29, 0.717) is 17.4 Å². The van der Waals surface area contributed by atoms with Crippen molar-refractivity contribution in [1.82, 2.24) is 4.90 Å². The third-order valence-corrected chi connectivity index (χ3v) is 6.87. The van der Waals surface area contributed by atoms with E-state index in [-0.39, 0.29) is 41.3 Å². The van der Waals surface area contributed by atoms with Crippen LogP contribution in [0.1, 0.15) is 23.7 Å². The number of imide groups is 1. The topological polar surface area (TPSA) is 80.8 Å². The van der Waals surface area contributed by atoms with Crippen molar-refractivity contribution in [2.24, 2.45) is 35.5 Å². The lowest BCUT2D eigenvalue weighted by molar-refractivity contribution is -0.157. The van der Waals surface area contributed by atoms with Crippen LogP contribution in [0.2, 0.25) is 0 Å². The molecule has 1 aromatic rings. The maximum atomic E-state index is 13.0. The molecule has 144 valence electrons. The summed E-state index contributed by atoms with van der Waals surface area (Å²) in [5.41, 5.74) is 0.448. The molecule has 1 aliphatic heterocycles. The number of ketones is 1. The van der Waals surface area contributed by atoms with Crippen LogP contribution < -0.4 is 0 Å². The van der Waals surface area contributed by atoms with Crippen molar-refractivity contribution in [3.63, 3.8) is 0 Å². The molecule has 2 saturated carbocycles. The molecule has 4 aliphatic carbocycles. The summed E-state index contributed by atoms with van der Waals surface area (Å²) in [4.78, 5) is 51.7. The summed E-state index contributed by atoms with van der Waals surface area (Å²) in [6.07, 6.45) is 5.28. The van der Waals surface area contributed by atoms with E-state index in [9.17, 15) is 19.2 Å². The average Bonchev–Trinajstić information content (AvgIpc) is 3.50. The fraction of sp³-hybridized carbons (Fsp3) is 0.455. The van der Waals surface area contributed by atoms with E-state index >= 15 is 0 Å².